The highest BCUT2D eigenvalue weighted by molar-refractivity contribution is 5.84. The van der Waals surface area contributed by atoms with Crippen molar-refractivity contribution in [1.82, 2.24) is 5.32 Å². The van der Waals surface area contributed by atoms with Gasteiger partial charge in [0, 0.05) is 13.0 Å². The average Bonchev–Trinajstić information content (AvgIpc) is 2.33. The number of nitrogens with one attached hydrogen (secondary N) is 1. The van der Waals surface area contributed by atoms with E-state index in [9.17, 15) is 19.8 Å². The van der Waals surface area contributed by atoms with Gasteiger partial charge in [-0.25, -0.2) is 0 Å². The Morgan fingerprint density at radius 2 is 1.72 bits per heavy atom. The van der Waals surface area contributed by atoms with Gasteiger partial charge >= 0.3 is 5.97 Å². The van der Waals surface area contributed by atoms with Crippen LogP contribution in [0.2, 0.25) is 0 Å². The lowest BCUT2D eigenvalue weighted by atomic mass is 9.79. The summed E-state index contributed by atoms with van der Waals surface area (Å²) >= 11 is 0. The van der Waals surface area contributed by atoms with Crippen LogP contribution in [-0.2, 0) is 9.59 Å². The highest BCUT2D eigenvalue weighted by Gasteiger charge is 2.37. The molecule has 1 amide bonds. The molecule has 18 heavy (non-hydrogen) atoms. The fourth-order valence-electron chi connectivity index (χ4n) is 1.59. The first-order chi connectivity index (χ1) is 8.23. The van der Waals surface area contributed by atoms with Crippen LogP contribution in [0.25, 0.3) is 0 Å². The largest absolute Gasteiger partial charge is 0.481 e. The molecule has 6 nitrogen and oxygen atoms in total. The van der Waals surface area contributed by atoms with Gasteiger partial charge in [0.15, 0.2) is 0 Å². The number of carboxylic acid groups (broad SMARTS) is 1. The molecule has 0 saturated carbocycles. The summed E-state index contributed by atoms with van der Waals surface area (Å²) < 4.78 is 0. The highest BCUT2D eigenvalue weighted by Crippen LogP contribution is 2.30. The molecular weight excluding hydrogens is 238 g/mol. The monoisotopic (exact) mass is 261 g/mol. The van der Waals surface area contributed by atoms with Crippen LogP contribution in [0.1, 0.15) is 40.0 Å². The molecule has 1 atom stereocenters. The Morgan fingerprint density at radius 1 is 1.22 bits per heavy atom. The van der Waals surface area contributed by atoms with E-state index in [0.29, 0.717) is 12.8 Å². The van der Waals surface area contributed by atoms with Gasteiger partial charge in [-0.2, -0.15) is 0 Å². The summed E-state index contributed by atoms with van der Waals surface area (Å²) in [6, 6.07) is 0. The lowest BCUT2D eigenvalue weighted by Crippen LogP contribution is -2.45. The fraction of sp³-hybridized carbons (Fsp3) is 0.833. The second-order valence-corrected chi connectivity index (χ2v) is 4.90. The molecule has 0 aromatic carbocycles. The lowest BCUT2D eigenvalue weighted by molar-refractivity contribution is -0.152. The first-order valence-electron chi connectivity index (χ1n) is 6.06. The summed E-state index contributed by atoms with van der Waals surface area (Å²) in [7, 11) is 0. The van der Waals surface area contributed by atoms with E-state index in [4.69, 9.17) is 5.11 Å². The molecule has 0 rings (SSSR count). The maximum Gasteiger partial charge on any atom is 0.310 e. The van der Waals surface area contributed by atoms with E-state index in [-0.39, 0.29) is 13.0 Å². The predicted octanol–water partition coefficient (Wildman–Crippen LogP) is 0.127. The summed E-state index contributed by atoms with van der Waals surface area (Å²) in [5.41, 5.74) is -2.45. The van der Waals surface area contributed by atoms with Crippen LogP contribution in [0.4, 0.5) is 0 Å². The SMILES string of the molecule is CCC(CC)(CC(=O)NCC(C)(O)CO)C(=O)O. The maximum atomic E-state index is 11.7. The molecule has 0 spiro atoms. The number of hydrogen-bond donors (Lipinski definition) is 4. The zero-order valence-electron chi connectivity index (χ0n) is 11.2. The number of hydrogen-bond acceptors (Lipinski definition) is 4. The van der Waals surface area contributed by atoms with Crippen molar-refractivity contribution < 1.29 is 24.9 Å². The van der Waals surface area contributed by atoms with Crippen LogP contribution in [0.15, 0.2) is 0 Å². The van der Waals surface area contributed by atoms with Crippen LogP contribution in [0.3, 0.4) is 0 Å². The van der Waals surface area contributed by atoms with Gasteiger partial charge in [0.2, 0.25) is 5.91 Å². The van der Waals surface area contributed by atoms with Gasteiger partial charge in [0.1, 0.15) is 5.60 Å². The topological polar surface area (TPSA) is 107 Å². The van der Waals surface area contributed by atoms with Crippen molar-refractivity contribution in [3.63, 3.8) is 0 Å². The number of rotatable bonds is 8. The first-order valence-corrected chi connectivity index (χ1v) is 6.06. The van der Waals surface area contributed by atoms with E-state index in [1.807, 2.05) is 0 Å². The first kappa shape index (κ1) is 16.9. The average molecular weight is 261 g/mol. The van der Waals surface area contributed by atoms with E-state index in [1.54, 1.807) is 13.8 Å². The van der Waals surface area contributed by atoms with Crippen LogP contribution < -0.4 is 5.32 Å². The summed E-state index contributed by atoms with van der Waals surface area (Å²) in [6.45, 7) is 4.27. The minimum Gasteiger partial charge on any atom is -0.481 e. The number of amides is 1. The molecule has 4 N–H and O–H groups in total. The van der Waals surface area contributed by atoms with E-state index in [1.165, 1.54) is 6.92 Å². The van der Waals surface area contributed by atoms with E-state index >= 15 is 0 Å². The molecule has 1 unspecified atom stereocenters. The minimum atomic E-state index is -1.39. The number of carboxylic acids is 1. The molecule has 0 aromatic rings. The third kappa shape index (κ3) is 4.62. The lowest BCUT2D eigenvalue weighted by Gasteiger charge is -2.27. The normalized spacial score (nSPS) is 14.9. The highest BCUT2D eigenvalue weighted by atomic mass is 16.4. The molecule has 6 heteroatoms. The number of aliphatic carboxylic acids is 1. The Hall–Kier alpha value is -1.14. The molecule has 0 aliphatic rings. The van der Waals surface area contributed by atoms with Crippen molar-refractivity contribution in [1.29, 1.82) is 0 Å². The molecule has 0 aromatic heterocycles. The zero-order valence-corrected chi connectivity index (χ0v) is 11.2. The van der Waals surface area contributed by atoms with Crippen LogP contribution >= 0.6 is 0 Å². The second kappa shape index (κ2) is 6.70. The van der Waals surface area contributed by atoms with E-state index in [2.05, 4.69) is 5.32 Å². The van der Waals surface area contributed by atoms with Gasteiger partial charge in [-0.3, -0.25) is 9.59 Å². The molecule has 0 aliphatic heterocycles. The Bertz CT molecular complexity index is 297. The quantitative estimate of drug-likeness (QED) is 0.497. The summed E-state index contributed by atoms with van der Waals surface area (Å²) in [5.74, 6) is -1.42. The van der Waals surface area contributed by atoms with Crippen molar-refractivity contribution >= 4 is 11.9 Å². The Morgan fingerprint density at radius 3 is 2.06 bits per heavy atom. The van der Waals surface area contributed by atoms with Crippen molar-refractivity contribution in [2.45, 2.75) is 45.6 Å². The van der Waals surface area contributed by atoms with E-state index in [0.717, 1.165) is 0 Å². The van der Waals surface area contributed by atoms with Crippen molar-refractivity contribution in [3.8, 4) is 0 Å². The van der Waals surface area contributed by atoms with Crippen molar-refractivity contribution in [3.05, 3.63) is 0 Å². The Labute approximate surface area is 107 Å². The Balaban J connectivity index is 4.50. The van der Waals surface area contributed by atoms with Crippen LogP contribution in [0, 0.1) is 5.41 Å². The number of carbonyl (C=O) groups excluding carboxylic acids is 1. The fourth-order valence-corrected chi connectivity index (χ4v) is 1.59. The molecule has 0 bridgehead atoms. The molecular formula is C12H23NO5. The minimum absolute atomic E-state index is 0.106. The van der Waals surface area contributed by atoms with Gasteiger partial charge < -0.3 is 20.6 Å². The van der Waals surface area contributed by atoms with Gasteiger partial charge in [-0.05, 0) is 19.8 Å². The summed E-state index contributed by atoms with van der Waals surface area (Å²) in [5, 5.41) is 30.0. The van der Waals surface area contributed by atoms with Crippen molar-refractivity contribution in [2.24, 2.45) is 5.41 Å². The molecule has 0 saturated heterocycles. The van der Waals surface area contributed by atoms with Crippen LogP contribution in [-0.4, -0.2) is 45.9 Å². The number of aliphatic hydroxyl groups excluding tert-OH is 1. The zero-order chi connectivity index (χ0) is 14.4. The number of aliphatic hydroxyl groups is 2. The second-order valence-electron chi connectivity index (χ2n) is 4.90. The smallest absolute Gasteiger partial charge is 0.310 e. The number of carbonyl (C=O) groups is 2. The predicted molar refractivity (Wildman–Crippen MR) is 66.0 cm³/mol. The molecule has 0 fully saturated rings. The van der Waals surface area contributed by atoms with E-state index < -0.39 is 29.5 Å². The third-order valence-corrected chi connectivity index (χ3v) is 3.31. The molecule has 0 aliphatic carbocycles. The molecule has 0 radical (unpaired) electrons. The van der Waals surface area contributed by atoms with Gasteiger partial charge in [0.25, 0.3) is 0 Å². The molecule has 0 heterocycles. The van der Waals surface area contributed by atoms with Gasteiger partial charge in [0.05, 0.1) is 12.0 Å². The summed E-state index contributed by atoms with van der Waals surface area (Å²) in [6.07, 6.45) is 0.599. The third-order valence-electron chi connectivity index (χ3n) is 3.31. The Kier molecular flexibility index (Phi) is 6.28. The standard InChI is InChI=1S/C12H23NO5/c1-4-12(5-2,10(16)17)6-9(15)13-7-11(3,18)8-14/h14,18H,4-8H2,1-3H3,(H,13,15)(H,16,17). The maximum absolute atomic E-state index is 11.7. The van der Waals surface area contributed by atoms with Crippen LogP contribution in [0.5, 0.6) is 0 Å². The molecule has 106 valence electrons. The summed E-state index contributed by atoms with van der Waals surface area (Å²) in [4.78, 5) is 22.9. The van der Waals surface area contributed by atoms with Crippen molar-refractivity contribution in [2.75, 3.05) is 13.2 Å². The van der Waals surface area contributed by atoms with Gasteiger partial charge in [-0.15, -0.1) is 0 Å². The van der Waals surface area contributed by atoms with Gasteiger partial charge in [-0.1, -0.05) is 13.8 Å².